The van der Waals surface area contributed by atoms with Crippen LogP contribution in [0.25, 0.3) is 10.8 Å². The maximum Gasteiger partial charge on any atom is 0.104 e. The minimum Gasteiger partial charge on any atom is -0.384 e. The molecule has 0 aliphatic carbocycles. The number of aliphatic hydroxyl groups is 1. The Kier molecular flexibility index (Phi) is 3.64. The molecule has 1 aliphatic rings. The van der Waals surface area contributed by atoms with E-state index in [1.807, 2.05) is 18.2 Å². The summed E-state index contributed by atoms with van der Waals surface area (Å²) in [5, 5.41) is 13.6. The highest BCUT2D eigenvalue weighted by molar-refractivity contribution is 5.86. The summed E-state index contributed by atoms with van der Waals surface area (Å²) in [6.45, 7) is 2.51. The van der Waals surface area contributed by atoms with Gasteiger partial charge in [0.25, 0.3) is 0 Å². The van der Waals surface area contributed by atoms with E-state index in [-0.39, 0.29) is 0 Å². The van der Waals surface area contributed by atoms with E-state index in [2.05, 4.69) is 59.5 Å². The lowest BCUT2D eigenvalue weighted by Gasteiger charge is -2.25. The van der Waals surface area contributed by atoms with Crippen molar-refractivity contribution in [2.45, 2.75) is 18.6 Å². The van der Waals surface area contributed by atoms with Gasteiger partial charge in [-0.15, -0.1) is 0 Å². The predicted octanol–water partition coefficient (Wildman–Crippen LogP) is 3.93. The highest BCUT2D eigenvalue weighted by Gasteiger charge is 2.38. The fraction of sp³-hybridized carbons (Fsp3) is 0.238. The van der Waals surface area contributed by atoms with Gasteiger partial charge in [0.15, 0.2) is 0 Å². The van der Waals surface area contributed by atoms with E-state index in [1.165, 1.54) is 16.3 Å². The number of fused-ring (bicyclic) bond motifs is 1. The van der Waals surface area contributed by atoms with E-state index in [1.54, 1.807) is 0 Å². The molecule has 23 heavy (non-hydrogen) atoms. The average Bonchev–Trinajstić information content (AvgIpc) is 2.97. The molecule has 0 radical (unpaired) electrons. The molecule has 0 aromatic heterocycles. The molecule has 1 heterocycles. The summed E-state index contributed by atoms with van der Waals surface area (Å²) in [6.07, 6.45) is 0.786. The van der Waals surface area contributed by atoms with E-state index in [0.29, 0.717) is 6.54 Å². The number of β-amino-alcohol motifs (C(OH)–C–C–N with tert-alkyl or cyclic N) is 1. The van der Waals surface area contributed by atoms with Crippen molar-refractivity contribution in [2.75, 3.05) is 13.1 Å². The monoisotopic (exact) mass is 303 g/mol. The third-order valence-corrected chi connectivity index (χ3v) is 4.87. The van der Waals surface area contributed by atoms with Crippen molar-refractivity contribution in [1.82, 2.24) is 4.90 Å². The third kappa shape index (κ3) is 2.76. The lowest BCUT2D eigenvalue weighted by molar-refractivity contribution is 0.0468. The average molecular weight is 303 g/mol. The molecule has 0 saturated carbocycles. The van der Waals surface area contributed by atoms with Crippen LogP contribution in [0.3, 0.4) is 0 Å². The first-order chi connectivity index (χ1) is 11.2. The molecule has 0 amide bonds. The smallest absolute Gasteiger partial charge is 0.104 e. The van der Waals surface area contributed by atoms with Crippen LogP contribution < -0.4 is 0 Å². The number of rotatable bonds is 3. The zero-order valence-corrected chi connectivity index (χ0v) is 13.2. The van der Waals surface area contributed by atoms with Gasteiger partial charge in [-0.2, -0.15) is 0 Å². The van der Waals surface area contributed by atoms with Crippen molar-refractivity contribution >= 4 is 10.8 Å². The van der Waals surface area contributed by atoms with Gasteiger partial charge in [-0.25, -0.2) is 0 Å². The summed E-state index contributed by atoms with van der Waals surface area (Å²) in [5.41, 5.74) is 1.61. The van der Waals surface area contributed by atoms with Gasteiger partial charge in [0.05, 0.1) is 0 Å². The molecule has 2 nitrogen and oxygen atoms in total. The minimum atomic E-state index is -0.754. The molecule has 3 aromatic rings. The summed E-state index contributed by atoms with van der Waals surface area (Å²) < 4.78 is 0. The van der Waals surface area contributed by atoms with Crippen LogP contribution in [-0.4, -0.2) is 23.1 Å². The first-order valence-electron chi connectivity index (χ1n) is 8.22. The second kappa shape index (κ2) is 5.80. The molecule has 1 atom stereocenters. The van der Waals surface area contributed by atoms with Gasteiger partial charge in [0.1, 0.15) is 5.60 Å². The Bertz CT molecular complexity index is 809. The first kappa shape index (κ1) is 14.4. The lowest BCUT2D eigenvalue weighted by atomic mass is 9.89. The molecular weight excluding hydrogens is 282 g/mol. The van der Waals surface area contributed by atoms with Gasteiger partial charge in [-0.1, -0.05) is 72.8 Å². The van der Waals surface area contributed by atoms with Gasteiger partial charge in [0, 0.05) is 19.6 Å². The van der Waals surface area contributed by atoms with Crippen molar-refractivity contribution in [3.05, 3.63) is 83.9 Å². The van der Waals surface area contributed by atoms with E-state index in [0.717, 1.165) is 25.1 Å². The molecule has 0 unspecified atom stereocenters. The summed E-state index contributed by atoms with van der Waals surface area (Å²) >= 11 is 0. The molecule has 0 bridgehead atoms. The van der Waals surface area contributed by atoms with E-state index in [4.69, 9.17) is 0 Å². The van der Waals surface area contributed by atoms with Crippen LogP contribution in [0.15, 0.2) is 72.8 Å². The summed E-state index contributed by atoms with van der Waals surface area (Å²) in [7, 11) is 0. The lowest BCUT2D eigenvalue weighted by Crippen LogP contribution is -2.30. The van der Waals surface area contributed by atoms with Crippen LogP contribution in [0.4, 0.5) is 0 Å². The highest BCUT2D eigenvalue weighted by atomic mass is 16.3. The molecule has 1 aliphatic heterocycles. The van der Waals surface area contributed by atoms with Crippen LogP contribution in [-0.2, 0) is 12.1 Å². The third-order valence-electron chi connectivity index (χ3n) is 4.87. The van der Waals surface area contributed by atoms with Gasteiger partial charge in [-0.3, -0.25) is 4.90 Å². The largest absolute Gasteiger partial charge is 0.384 e. The van der Waals surface area contributed by atoms with E-state index in [9.17, 15) is 5.11 Å². The molecule has 1 fully saturated rings. The van der Waals surface area contributed by atoms with Crippen LogP contribution in [0.2, 0.25) is 0 Å². The van der Waals surface area contributed by atoms with Crippen molar-refractivity contribution in [2.24, 2.45) is 0 Å². The Morgan fingerprint density at radius 2 is 1.61 bits per heavy atom. The summed E-state index contributed by atoms with van der Waals surface area (Å²) in [5.74, 6) is 0. The molecule has 116 valence electrons. The fourth-order valence-electron chi connectivity index (χ4n) is 3.70. The maximum atomic E-state index is 11.3. The van der Waals surface area contributed by atoms with Crippen molar-refractivity contribution in [3.8, 4) is 0 Å². The predicted molar refractivity (Wildman–Crippen MR) is 94.2 cm³/mol. The van der Waals surface area contributed by atoms with Gasteiger partial charge < -0.3 is 5.11 Å². The summed E-state index contributed by atoms with van der Waals surface area (Å²) in [4.78, 5) is 2.34. The molecular formula is C21H21NO. The Balaban J connectivity index is 1.61. The normalized spacial score (nSPS) is 21.8. The van der Waals surface area contributed by atoms with Crippen LogP contribution in [0, 0.1) is 0 Å². The number of nitrogens with zero attached hydrogens (tertiary/aromatic N) is 1. The minimum absolute atomic E-state index is 0.690. The maximum absolute atomic E-state index is 11.3. The SMILES string of the molecule is O[C@@]1(c2cccc3ccccc23)CCN(Cc2ccccc2)C1. The Hall–Kier alpha value is -2.16. The molecule has 0 spiro atoms. The second-order valence-electron chi connectivity index (χ2n) is 6.50. The molecule has 4 rings (SSSR count). The Morgan fingerprint density at radius 1 is 0.870 bits per heavy atom. The number of likely N-dealkylation sites (tertiary alicyclic amines) is 1. The van der Waals surface area contributed by atoms with Crippen molar-refractivity contribution < 1.29 is 5.11 Å². The van der Waals surface area contributed by atoms with Gasteiger partial charge in [-0.05, 0) is 28.3 Å². The zero-order valence-electron chi connectivity index (χ0n) is 13.2. The number of benzene rings is 3. The second-order valence-corrected chi connectivity index (χ2v) is 6.50. The molecule has 1 saturated heterocycles. The van der Waals surface area contributed by atoms with Crippen molar-refractivity contribution in [3.63, 3.8) is 0 Å². The van der Waals surface area contributed by atoms with Crippen LogP contribution in [0.1, 0.15) is 17.5 Å². The van der Waals surface area contributed by atoms with Crippen LogP contribution >= 0.6 is 0 Å². The highest BCUT2D eigenvalue weighted by Crippen LogP contribution is 2.36. The standard InChI is InChI=1S/C21H21NO/c23-21(20-12-6-10-18-9-4-5-11-19(18)20)13-14-22(16-21)15-17-7-2-1-3-8-17/h1-12,23H,13-16H2/t21-/m0/s1. The van der Waals surface area contributed by atoms with Crippen molar-refractivity contribution in [1.29, 1.82) is 0 Å². The quantitative estimate of drug-likeness (QED) is 0.792. The van der Waals surface area contributed by atoms with Gasteiger partial charge >= 0.3 is 0 Å². The Morgan fingerprint density at radius 3 is 2.48 bits per heavy atom. The molecule has 3 aromatic carbocycles. The van der Waals surface area contributed by atoms with Gasteiger partial charge in [0.2, 0.25) is 0 Å². The Labute approximate surface area is 137 Å². The zero-order chi connectivity index (χ0) is 15.7. The number of hydrogen-bond donors (Lipinski definition) is 1. The van der Waals surface area contributed by atoms with E-state index >= 15 is 0 Å². The number of hydrogen-bond acceptors (Lipinski definition) is 2. The van der Waals surface area contributed by atoms with Crippen LogP contribution in [0.5, 0.6) is 0 Å². The fourth-order valence-corrected chi connectivity index (χ4v) is 3.70. The molecule has 1 N–H and O–H groups in total. The molecule has 2 heteroatoms. The first-order valence-corrected chi connectivity index (χ1v) is 8.22. The van der Waals surface area contributed by atoms with E-state index < -0.39 is 5.60 Å². The summed E-state index contributed by atoms with van der Waals surface area (Å²) in [6, 6.07) is 25.0. The topological polar surface area (TPSA) is 23.5 Å².